The smallest absolute Gasteiger partial charge is 0.281 e. The Kier molecular flexibility index (Phi) is 5.92. The fourth-order valence-corrected chi connectivity index (χ4v) is 4.53. The van der Waals surface area contributed by atoms with Crippen molar-refractivity contribution in [3.63, 3.8) is 0 Å². The fraction of sp³-hybridized carbons (Fsp3) is 0.611. The summed E-state index contributed by atoms with van der Waals surface area (Å²) >= 11 is 0. The third-order valence-electron chi connectivity index (χ3n) is 4.97. The maximum atomic E-state index is 12.7. The summed E-state index contributed by atoms with van der Waals surface area (Å²) in [7, 11) is -0.495. The van der Waals surface area contributed by atoms with E-state index in [0.29, 0.717) is 44.1 Å². The lowest BCUT2D eigenvalue weighted by atomic mass is 9.97. The maximum Gasteiger partial charge on any atom is 0.281 e. The van der Waals surface area contributed by atoms with E-state index in [0.717, 1.165) is 5.56 Å². The van der Waals surface area contributed by atoms with Crippen LogP contribution < -0.4 is 14.8 Å². The number of nitrogens with one attached hydrogen (secondary N) is 1. The van der Waals surface area contributed by atoms with Gasteiger partial charge in [0.2, 0.25) is 5.91 Å². The third-order valence-corrected chi connectivity index (χ3v) is 6.87. The number of ether oxygens (including phenoxy) is 2. The first-order chi connectivity index (χ1) is 12.8. The molecule has 1 aromatic carbocycles. The van der Waals surface area contributed by atoms with Gasteiger partial charge in [-0.2, -0.15) is 17.0 Å². The average molecular weight is 397 g/mol. The van der Waals surface area contributed by atoms with E-state index in [4.69, 9.17) is 9.47 Å². The molecule has 1 fully saturated rings. The lowest BCUT2D eigenvalue weighted by molar-refractivity contribution is -0.126. The lowest BCUT2D eigenvalue weighted by Crippen LogP contribution is -2.49. The molecule has 3 rings (SSSR count). The molecule has 2 aliphatic rings. The van der Waals surface area contributed by atoms with Crippen LogP contribution in [0.5, 0.6) is 11.5 Å². The zero-order chi connectivity index (χ0) is 19.6. The molecule has 0 bridgehead atoms. The Labute approximate surface area is 160 Å². The summed E-state index contributed by atoms with van der Waals surface area (Å²) in [6, 6.07) is 5.41. The first-order valence-corrected chi connectivity index (χ1v) is 10.6. The molecule has 0 saturated carbocycles. The van der Waals surface area contributed by atoms with Gasteiger partial charge in [0.05, 0.1) is 12.0 Å². The molecule has 0 spiro atoms. The van der Waals surface area contributed by atoms with Crippen LogP contribution in [0, 0.1) is 5.92 Å². The molecule has 0 aliphatic carbocycles. The second-order valence-electron chi connectivity index (χ2n) is 7.12. The van der Waals surface area contributed by atoms with Gasteiger partial charge in [0.15, 0.2) is 11.5 Å². The Morgan fingerprint density at radius 2 is 1.96 bits per heavy atom. The average Bonchev–Trinajstić information content (AvgIpc) is 2.67. The van der Waals surface area contributed by atoms with Crippen LogP contribution in [0.25, 0.3) is 0 Å². The van der Waals surface area contributed by atoms with Gasteiger partial charge in [-0.15, -0.1) is 0 Å². The molecule has 150 valence electrons. The molecule has 2 atom stereocenters. The standard InChI is InChI=1S/C18H27N3O5S/c1-13(14-6-7-16-17(11-14)26-10-9-25-16)19-18(22)15-5-4-8-21(12-15)27(23,24)20(2)3/h6-7,11,13,15H,4-5,8-10,12H2,1-3H3,(H,19,22)/t13-,15+/m0/s1. The normalized spacial score (nSPS) is 21.7. The minimum absolute atomic E-state index is 0.129. The van der Waals surface area contributed by atoms with Crippen LogP contribution in [0.4, 0.5) is 0 Å². The molecule has 2 aliphatic heterocycles. The van der Waals surface area contributed by atoms with Crippen LogP contribution in [0.3, 0.4) is 0 Å². The van der Waals surface area contributed by atoms with Crippen molar-refractivity contribution >= 4 is 16.1 Å². The van der Waals surface area contributed by atoms with E-state index < -0.39 is 10.2 Å². The Morgan fingerprint density at radius 1 is 1.26 bits per heavy atom. The van der Waals surface area contributed by atoms with Crippen LogP contribution in [0.1, 0.15) is 31.4 Å². The molecule has 2 heterocycles. The molecule has 27 heavy (non-hydrogen) atoms. The molecule has 1 saturated heterocycles. The number of piperidine rings is 1. The van der Waals surface area contributed by atoms with E-state index in [1.165, 1.54) is 22.7 Å². The summed E-state index contributed by atoms with van der Waals surface area (Å²) in [5.41, 5.74) is 0.918. The summed E-state index contributed by atoms with van der Waals surface area (Å²) in [5, 5.41) is 3.00. The van der Waals surface area contributed by atoms with Crippen molar-refractivity contribution in [3.8, 4) is 11.5 Å². The summed E-state index contributed by atoms with van der Waals surface area (Å²) in [5.74, 6) is 0.908. The van der Waals surface area contributed by atoms with Gasteiger partial charge in [-0.3, -0.25) is 4.79 Å². The van der Waals surface area contributed by atoms with Crippen molar-refractivity contribution in [2.45, 2.75) is 25.8 Å². The van der Waals surface area contributed by atoms with Gasteiger partial charge < -0.3 is 14.8 Å². The third kappa shape index (κ3) is 4.36. The minimum Gasteiger partial charge on any atom is -0.486 e. The van der Waals surface area contributed by atoms with Crippen molar-refractivity contribution < 1.29 is 22.7 Å². The zero-order valence-electron chi connectivity index (χ0n) is 16.0. The number of carbonyl (C=O) groups excluding carboxylic acids is 1. The number of fused-ring (bicyclic) bond motifs is 1. The Balaban J connectivity index is 1.64. The Morgan fingerprint density at radius 3 is 2.67 bits per heavy atom. The Hall–Kier alpha value is -1.84. The second-order valence-corrected chi connectivity index (χ2v) is 9.26. The van der Waals surface area contributed by atoms with Gasteiger partial charge in [0.25, 0.3) is 10.2 Å². The molecule has 1 N–H and O–H groups in total. The van der Waals surface area contributed by atoms with Crippen LogP contribution in [0.2, 0.25) is 0 Å². The number of amides is 1. The quantitative estimate of drug-likeness (QED) is 0.805. The van der Waals surface area contributed by atoms with Crippen molar-refractivity contribution in [1.29, 1.82) is 0 Å². The van der Waals surface area contributed by atoms with Crippen molar-refractivity contribution in [2.24, 2.45) is 5.92 Å². The summed E-state index contributed by atoms with van der Waals surface area (Å²) in [6.07, 6.45) is 1.35. The molecule has 8 nitrogen and oxygen atoms in total. The van der Waals surface area contributed by atoms with Crippen LogP contribution in [-0.2, 0) is 15.0 Å². The highest BCUT2D eigenvalue weighted by atomic mass is 32.2. The van der Waals surface area contributed by atoms with Gasteiger partial charge in [-0.1, -0.05) is 6.07 Å². The van der Waals surface area contributed by atoms with E-state index in [9.17, 15) is 13.2 Å². The predicted molar refractivity (Wildman–Crippen MR) is 101 cm³/mol. The summed E-state index contributed by atoms with van der Waals surface area (Å²) in [4.78, 5) is 12.7. The second kappa shape index (κ2) is 8.04. The summed E-state index contributed by atoms with van der Waals surface area (Å²) in [6.45, 7) is 3.60. The first-order valence-electron chi connectivity index (χ1n) is 9.16. The van der Waals surface area contributed by atoms with Gasteiger partial charge in [-0.05, 0) is 37.5 Å². The monoisotopic (exact) mass is 397 g/mol. The highest BCUT2D eigenvalue weighted by molar-refractivity contribution is 7.86. The van der Waals surface area contributed by atoms with Crippen molar-refractivity contribution in [3.05, 3.63) is 23.8 Å². The van der Waals surface area contributed by atoms with E-state index >= 15 is 0 Å². The number of hydrogen-bond acceptors (Lipinski definition) is 5. The van der Waals surface area contributed by atoms with Crippen molar-refractivity contribution in [1.82, 2.24) is 13.9 Å². The number of benzene rings is 1. The van der Waals surface area contributed by atoms with Crippen LogP contribution in [-0.4, -0.2) is 63.3 Å². The van der Waals surface area contributed by atoms with E-state index in [2.05, 4.69) is 5.32 Å². The topological polar surface area (TPSA) is 88.2 Å². The molecular formula is C18H27N3O5S. The van der Waals surface area contributed by atoms with Crippen molar-refractivity contribution in [2.75, 3.05) is 40.4 Å². The summed E-state index contributed by atoms with van der Waals surface area (Å²) < 4.78 is 38.3. The number of nitrogens with zero attached hydrogens (tertiary/aromatic N) is 2. The van der Waals surface area contributed by atoms with E-state index in [-0.39, 0.29) is 24.4 Å². The molecule has 9 heteroatoms. The predicted octanol–water partition coefficient (Wildman–Crippen LogP) is 1.15. The molecule has 0 aromatic heterocycles. The van der Waals surface area contributed by atoms with Gasteiger partial charge in [-0.25, -0.2) is 0 Å². The Bertz CT molecular complexity index is 796. The maximum absolute atomic E-state index is 12.7. The zero-order valence-corrected chi connectivity index (χ0v) is 16.8. The fourth-order valence-electron chi connectivity index (χ4n) is 3.34. The molecule has 1 aromatic rings. The number of hydrogen-bond donors (Lipinski definition) is 1. The van der Waals surface area contributed by atoms with E-state index in [1.807, 2.05) is 25.1 Å². The highest BCUT2D eigenvalue weighted by Gasteiger charge is 2.33. The van der Waals surface area contributed by atoms with E-state index in [1.54, 1.807) is 0 Å². The van der Waals surface area contributed by atoms with Gasteiger partial charge in [0.1, 0.15) is 13.2 Å². The molecule has 0 unspecified atom stereocenters. The first kappa shape index (κ1) is 19.9. The number of carbonyl (C=O) groups is 1. The molecule has 0 radical (unpaired) electrons. The van der Waals surface area contributed by atoms with Gasteiger partial charge >= 0.3 is 0 Å². The van der Waals surface area contributed by atoms with Crippen LogP contribution in [0.15, 0.2) is 18.2 Å². The van der Waals surface area contributed by atoms with Gasteiger partial charge in [0, 0.05) is 27.2 Å². The SMILES string of the molecule is C[C@H](NC(=O)[C@@H]1CCCN(S(=O)(=O)N(C)C)C1)c1ccc2c(c1)OCCO2. The van der Waals surface area contributed by atoms with Crippen LogP contribution >= 0.6 is 0 Å². The largest absolute Gasteiger partial charge is 0.486 e. The lowest BCUT2D eigenvalue weighted by Gasteiger charge is -2.33. The number of rotatable bonds is 5. The highest BCUT2D eigenvalue weighted by Crippen LogP contribution is 2.32. The molecular weight excluding hydrogens is 370 g/mol. The minimum atomic E-state index is -3.50. The molecule has 1 amide bonds.